The zero-order valence-corrected chi connectivity index (χ0v) is 13.4. The summed E-state index contributed by atoms with van der Waals surface area (Å²) in [6, 6.07) is 3.26. The summed E-state index contributed by atoms with van der Waals surface area (Å²) >= 11 is 0. The lowest BCUT2D eigenvalue weighted by Crippen LogP contribution is -2.37. The summed E-state index contributed by atoms with van der Waals surface area (Å²) in [5.41, 5.74) is 2.29. The summed E-state index contributed by atoms with van der Waals surface area (Å²) in [7, 11) is 1.49. The van der Waals surface area contributed by atoms with Gasteiger partial charge in [0.1, 0.15) is 0 Å². The Morgan fingerprint density at radius 3 is 2.54 bits per heavy atom. The van der Waals surface area contributed by atoms with E-state index in [-0.39, 0.29) is 18.1 Å². The average Bonchev–Trinajstić information content (AvgIpc) is 2.54. The van der Waals surface area contributed by atoms with Crippen LogP contribution < -0.4 is 5.32 Å². The first kappa shape index (κ1) is 17.8. The SMILES string of the molecule is Cc1cnccc1CCNC(=O)N(C)Cc1cc(F)c(F)c(F)c1. The highest BCUT2D eigenvalue weighted by molar-refractivity contribution is 5.73. The fraction of sp³-hybridized carbons (Fsp3) is 0.294. The van der Waals surface area contributed by atoms with E-state index in [9.17, 15) is 18.0 Å². The van der Waals surface area contributed by atoms with Crippen LogP contribution in [0.2, 0.25) is 0 Å². The maximum absolute atomic E-state index is 13.2. The fourth-order valence-corrected chi connectivity index (χ4v) is 2.27. The Balaban J connectivity index is 1.87. The number of rotatable bonds is 5. The third-order valence-corrected chi connectivity index (χ3v) is 3.62. The summed E-state index contributed by atoms with van der Waals surface area (Å²) in [6.45, 7) is 2.32. The van der Waals surface area contributed by atoms with Crippen molar-refractivity contribution in [2.24, 2.45) is 0 Å². The number of carbonyl (C=O) groups excluding carboxylic acids is 1. The molecule has 0 fully saturated rings. The van der Waals surface area contributed by atoms with Crippen LogP contribution in [0.5, 0.6) is 0 Å². The Kier molecular flexibility index (Phi) is 5.78. The topological polar surface area (TPSA) is 45.2 Å². The largest absolute Gasteiger partial charge is 0.338 e. The van der Waals surface area contributed by atoms with Gasteiger partial charge in [0.05, 0.1) is 0 Å². The Hall–Kier alpha value is -2.57. The monoisotopic (exact) mass is 337 g/mol. The number of urea groups is 1. The first-order valence-corrected chi connectivity index (χ1v) is 7.40. The minimum atomic E-state index is -1.52. The van der Waals surface area contributed by atoms with Crippen molar-refractivity contribution in [2.45, 2.75) is 19.9 Å². The van der Waals surface area contributed by atoms with Crippen LogP contribution in [0.1, 0.15) is 16.7 Å². The first-order valence-electron chi connectivity index (χ1n) is 7.40. The van der Waals surface area contributed by atoms with E-state index in [1.807, 2.05) is 13.0 Å². The van der Waals surface area contributed by atoms with Gasteiger partial charge < -0.3 is 10.2 Å². The number of carbonyl (C=O) groups is 1. The molecule has 0 atom stereocenters. The molecule has 2 amide bonds. The number of benzene rings is 1. The second-order valence-electron chi connectivity index (χ2n) is 5.51. The van der Waals surface area contributed by atoms with Gasteiger partial charge in [0, 0.05) is 32.5 Å². The molecule has 0 spiro atoms. The van der Waals surface area contributed by atoms with Gasteiger partial charge in [-0.1, -0.05) is 0 Å². The minimum absolute atomic E-state index is 0.0335. The Morgan fingerprint density at radius 2 is 1.92 bits per heavy atom. The molecule has 7 heteroatoms. The van der Waals surface area contributed by atoms with Crippen LogP contribution in [0.15, 0.2) is 30.6 Å². The maximum Gasteiger partial charge on any atom is 0.317 e. The number of aryl methyl sites for hydroxylation is 1. The lowest BCUT2D eigenvalue weighted by Gasteiger charge is -2.18. The lowest BCUT2D eigenvalue weighted by atomic mass is 10.1. The normalized spacial score (nSPS) is 10.5. The predicted molar refractivity (Wildman–Crippen MR) is 83.9 cm³/mol. The smallest absolute Gasteiger partial charge is 0.317 e. The number of aromatic nitrogens is 1. The summed E-state index contributed by atoms with van der Waals surface area (Å²) in [5.74, 6) is -4.06. The molecule has 1 N–H and O–H groups in total. The number of halogens is 3. The van der Waals surface area contributed by atoms with Crippen LogP contribution in [0, 0.1) is 24.4 Å². The van der Waals surface area contributed by atoms with Gasteiger partial charge >= 0.3 is 6.03 Å². The standard InChI is InChI=1S/C17H18F3N3O/c1-11-9-21-5-3-13(11)4-6-22-17(24)23(2)10-12-7-14(18)16(20)15(19)8-12/h3,5,7-9H,4,6,10H2,1-2H3,(H,22,24). The van der Waals surface area contributed by atoms with Gasteiger partial charge in [-0.15, -0.1) is 0 Å². The van der Waals surface area contributed by atoms with Crippen LogP contribution in [0.25, 0.3) is 0 Å². The van der Waals surface area contributed by atoms with Crippen molar-refractivity contribution in [3.05, 3.63) is 64.7 Å². The molecule has 1 aromatic carbocycles. The molecule has 2 rings (SSSR count). The van der Waals surface area contributed by atoms with Crippen LogP contribution in [0.4, 0.5) is 18.0 Å². The first-order chi connectivity index (χ1) is 11.4. The average molecular weight is 337 g/mol. The third kappa shape index (κ3) is 4.47. The van der Waals surface area contributed by atoms with E-state index in [4.69, 9.17) is 0 Å². The molecule has 0 saturated carbocycles. The highest BCUT2D eigenvalue weighted by Gasteiger charge is 2.14. The third-order valence-electron chi connectivity index (χ3n) is 3.62. The molecule has 1 aromatic heterocycles. The summed E-state index contributed by atoms with van der Waals surface area (Å²) < 4.78 is 39.3. The molecular weight excluding hydrogens is 319 g/mol. The quantitative estimate of drug-likeness (QED) is 0.852. The van der Waals surface area contributed by atoms with Crippen molar-refractivity contribution in [3.63, 3.8) is 0 Å². The fourth-order valence-electron chi connectivity index (χ4n) is 2.27. The zero-order valence-electron chi connectivity index (χ0n) is 13.4. The van der Waals surface area contributed by atoms with Crippen molar-refractivity contribution in [3.8, 4) is 0 Å². The molecule has 0 aliphatic carbocycles. The van der Waals surface area contributed by atoms with Crippen LogP contribution in [-0.4, -0.2) is 29.5 Å². The molecule has 0 bridgehead atoms. The molecule has 0 saturated heterocycles. The van der Waals surface area contributed by atoms with Gasteiger partial charge in [-0.2, -0.15) is 0 Å². The van der Waals surface area contributed by atoms with E-state index in [1.165, 1.54) is 11.9 Å². The van der Waals surface area contributed by atoms with Gasteiger partial charge in [-0.3, -0.25) is 4.98 Å². The number of nitrogens with zero attached hydrogens (tertiary/aromatic N) is 2. The van der Waals surface area contributed by atoms with Gasteiger partial charge in [0.25, 0.3) is 0 Å². The van der Waals surface area contributed by atoms with Gasteiger partial charge in [-0.25, -0.2) is 18.0 Å². The number of amides is 2. The number of hydrogen-bond acceptors (Lipinski definition) is 2. The van der Waals surface area contributed by atoms with Gasteiger partial charge in [-0.05, 0) is 48.2 Å². The highest BCUT2D eigenvalue weighted by atomic mass is 19.2. The van der Waals surface area contributed by atoms with Crippen molar-refractivity contribution >= 4 is 6.03 Å². The summed E-state index contributed by atoms with van der Waals surface area (Å²) in [6.07, 6.45) is 4.09. The number of hydrogen-bond donors (Lipinski definition) is 1. The van der Waals surface area contributed by atoms with Gasteiger partial charge in [0.15, 0.2) is 17.5 Å². The van der Waals surface area contributed by atoms with Crippen molar-refractivity contribution in [1.82, 2.24) is 15.2 Å². The Morgan fingerprint density at radius 1 is 1.25 bits per heavy atom. The van der Waals surface area contributed by atoms with Crippen LogP contribution in [-0.2, 0) is 13.0 Å². The molecular formula is C17H18F3N3O. The highest BCUT2D eigenvalue weighted by Crippen LogP contribution is 2.14. The van der Waals surface area contributed by atoms with E-state index < -0.39 is 17.5 Å². The van der Waals surface area contributed by atoms with E-state index in [2.05, 4.69) is 10.3 Å². The molecule has 0 aliphatic rings. The van der Waals surface area contributed by atoms with E-state index >= 15 is 0 Å². The van der Waals surface area contributed by atoms with Crippen LogP contribution in [0.3, 0.4) is 0 Å². The summed E-state index contributed by atoms with van der Waals surface area (Å²) in [5, 5.41) is 2.72. The molecule has 1 heterocycles. The van der Waals surface area contributed by atoms with E-state index in [1.54, 1.807) is 12.4 Å². The predicted octanol–water partition coefficient (Wildman–Crippen LogP) is 3.19. The number of pyridine rings is 1. The molecule has 24 heavy (non-hydrogen) atoms. The van der Waals surface area contributed by atoms with E-state index in [0.717, 1.165) is 23.3 Å². The second-order valence-corrected chi connectivity index (χ2v) is 5.51. The number of nitrogens with one attached hydrogen (secondary N) is 1. The molecule has 128 valence electrons. The van der Waals surface area contributed by atoms with Crippen LogP contribution >= 0.6 is 0 Å². The molecule has 0 aliphatic heterocycles. The lowest BCUT2D eigenvalue weighted by molar-refractivity contribution is 0.207. The summed E-state index contributed by atoms with van der Waals surface area (Å²) in [4.78, 5) is 17.3. The van der Waals surface area contributed by atoms with Crippen molar-refractivity contribution in [2.75, 3.05) is 13.6 Å². The Bertz CT molecular complexity index is 714. The van der Waals surface area contributed by atoms with Crippen molar-refractivity contribution < 1.29 is 18.0 Å². The maximum atomic E-state index is 13.2. The van der Waals surface area contributed by atoms with Crippen molar-refractivity contribution in [1.29, 1.82) is 0 Å². The molecule has 0 radical (unpaired) electrons. The minimum Gasteiger partial charge on any atom is -0.338 e. The van der Waals surface area contributed by atoms with E-state index in [0.29, 0.717) is 13.0 Å². The Labute approximate surface area is 138 Å². The molecule has 4 nitrogen and oxygen atoms in total. The van der Waals surface area contributed by atoms with Gasteiger partial charge in [0.2, 0.25) is 0 Å². The molecule has 2 aromatic rings. The second kappa shape index (κ2) is 7.81. The zero-order chi connectivity index (χ0) is 17.7. The molecule has 0 unspecified atom stereocenters.